The van der Waals surface area contributed by atoms with Crippen LogP contribution in [0.5, 0.6) is 0 Å². The molecule has 112 valence electrons. The Morgan fingerprint density at radius 2 is 2.14 bits per heavy atom. The number of esters is 1. The van der Waals surface area contributed by atoms with Gasteiger partial charge in [0.25, 0.3) is 0 Å². The number of rotatable bonds is 2. The average Bonchev–Trinajstić information content (AvgIpc) is 2.85. The van der Waals surface area contributed by atoms with Gasteiger partial charge in [0.05, 0.1) is 12.5 Å². The quantitative estimate of drug-likeness (QED) is 0.784. The fourth-order valence-electron chi connectivity index (χ4n) is 3.07. The third-order valence-electron chi connectivity index (χ3n) is 4.07. The zero-order chi connectivity index (χ0) is 14.8. The molecule has 0 saturated carbocycles. The number of fused-ring (bicyclic) bond motifs is 1. The molecule has 2 aliphatic heterocycles. The topological polar surface area (TPSA) is 55.8 Å². The Morgan fingerprint density at radius 1 is 1.38 bits per heavy atom. The predicted molar refractivity (Wildman–Crippen MR) is 75.4 cm³/mol. The number of amides is 1. The van der Waals surface area contributed by atoms with Crippen LogP contribution in [0.1, 0.15) is 25.3 Å². The number of ether oxygens (including phenoxy) is 2. The monoisotopic (exact) mass is 289 g/mol. The van der Waals surface area contributed by atoms with E-state index < -0.39 is 0 Å². The molecule has 2 saturated heterocycles. The van der Waals surface area contributed by atoms with E-state index in [1.54, 1.807) is 4.90 Å². The highest BCUT2D eigenvalue weighted by Crippen LogP contribution is 2.32. The summed E-state index contributed by atoms with van der Waals surface area (Å²) in [4.78, 5) is 25.4. The van der Waals surface area contributed by atoms with Gasteiger partial charge in [-0.25, -0.2) is 4.79 Å². The van der Waals surface area contributed by atoms with Crippen LogP contribution in [0.3, 0.4) is 0 Å². The molecule has 0 N–H and O–H groups in total. The summed E-state index contributed by atoms with van der Waals surface area (Å²) in [6.45, 7) is 2.92. The van der Waals surface area contributed by atoms with E-state index in [0.717, 1.165) is 12.0 Å². The maximum Gasteiger partial charge on any atom is 0.410 e. The van der Waals surface area contributed by atoms with Crippen molar-refractivity contribution in [2.75, 3.05) is 6.54 Å². The van der Waals surface area contributed by atoms with Gasteiger partial charge in [0.2, 0.25) is 0 Å². The van der Waals surface area contributed by atoms with Crippen molar-refractivity contribution in [3.05, 3.63) is 35.9 Å². The highest BCUT2D eigenvalue weighted by atomic mass is 16.6. The van der Waals surface area contributed by atoms with Crippen molar-refractivity contribution in [3.8, 4) is 0 Å². The van der Waals surface area contributed by atoms with E-state index in [4.69, 9.17) is 9.47 Å². The fourth-order valence-corrected chi connectivity index (χ4v) is 3.07. The second-order valence-electron chi connectivity index (χ2n) is 5.83. The molecule has 2 aliphatic rings. The van der Waals surface area contributed by atoms with Crippen LogP contribution in [0.2, 0.25) is 0 Å². The van der Waals surface area contributed by atoms with Crippen molar-refractivity contribution in [1.82, 2.24) is 4.90 Å². The first-order valence-corrected chi connectivity index (χ1v) is 7.30. The van der Waals surface area contributed by atoms with Crippen molar-refractivity contribution < 1.29 is 19.1 Å². The van der Waals surface area contributed by atoms with E-state index in [1.165, 1.54) is 0 Å². The molecule has 0 unspecified atom stereocenters. The van der Waals surface area contributed by atoms with Crippen LogP contribution < -0.4 is 0 Å². The summed E-state index contributed by atoms with van der Waals surface area (Å²) in [5.41, 5.74) is 0.950. The molecule has 2 heterocycles. The SMILES string of the molecule is C[C@H]1C[C@H]2OC(=O)C[C@@H]2N(C(=O)OCc2ccccc2)C1. The van der Waals surface area contributed by atoms with E-state index >= 15 is 0 Å². The number of hydrogen-bond donors (Lipinski definition) is 0. The predicted octanol–water partition coefficient (Wildman–Crippen LogP) is 2.35. The average molecular weight is 289 g/mol. The molecule has 2 fully saturated rings. The highest BCUT2D eigenvalue weighted by molar-refractivity contribution is 5.76. The minimum absolute atomic E-state index is 0.169. The molecule has 0 aromatic heterocycles. The summed E-state index contributed by atoms with van der Waals surface area (Å²) in [5.74, 6) is 0.0846. The number of piperidine rings is 1. The zero-order valence-corrected chi connectivity index (χ0v) is 12.0. The maximum atomic E-state index is 12.3. The molecule has 3 rings (SSSR count). The third-order valence-corrected chi connectivity index (χ3v) is 4.07. The Morgan fingerprint density at radius 3 is 2.90 bits per heavy atom. The number of likely N-dealkylation sites (tertiary alicyclic amines) is 1. The Bertz CT molecular complexity index is 530. The maximum absolute atomic E-state index is 12.3. The van der Waals surface area contributed by atoms with Gasteiger partial charge in [-0.1, -0.05) is 37.3 Å². The molecule has 5 heteroatoms. The summed E-state index contributed by atoms with van der Waals surface area (Å²) in [7, 11) is 0. The van der Waals surface area contributed by atoms with Gasteiger partial charge in [0.1, 0.15) is 12.7 Å². The van der Waals surface area contributed by atoms with Gasteiger partial charge >= 0.3 is 12.1 Å². The van der Waals surface area contributed by atoms with Crippen molar-refractivity contribution in [3.63, 3.8) is 0 Å². The molecular weight excluding hydrogens is 270 g/mol. The van der Waals surface area contributed by atoms with Crippen molar-refractivity contribution in [2.24, 2.45) is 5.92 Å². The Labute approximate surface area is 123 Å². The van der Waals surface area contributed by atoms with E-state index in [0.29, 0.717) is 12.5 Å². The first kappa shape index (κ1) is 13.9. The first-order valence-electron chi connectivity index (χ1n) is 7.30. The lowest BCUT2D eigenvalue weighted by atomic mass is 9.92. The number of carbonyl (C=O) groups excluding carboxylic acids is 2. The van der Waals surface area contributed by atoms with Crippen LogP contribution in [0.25, 0.3) is 0 Å². The Balaban J connectivity index is 1.64. The Kier molecular flexibility index (Phi) is 3.82. The van der Waals surface area contributed by atoms with Crippen molar-refractivity contribution >= 4 is 12.1 Å². The van der Waals surface area contributed by atoms with Gasteiger partial charge < -0.3 is 14.4 Å². The Hall–Kier alpha value is -2.04. The normalized spacial score (nSPS) is 28.0. The van der Waals surface area contributed by atoms with E-state index in [2.05, 4.69) is 6.92 Å². The van der Waals surface area contributed by atoms with Gasteiger partial charge in [-0.3, -0.25) is 4.79 Å². The molecule has 0 aliphatic carbocycles. The molecular formula is C16H19NO4. The van der Waals surface area contributed by atoms with Crippen LogP contribution in [0.15, 0.2) is 30.3 Å². The van der Waals surface area contributed by atoms with Gasteiger partial charge in [-0.15, -0.1) is 0 Å². The van der Waals surface area contributed by atoms with Crippen LogP contribution in [0, 0.1) is 5.92 Å². The molecule has 1 aromatic carbocycles. The van der Waals surface area contributed by atoms with Gasteiger partial charge in [0.15, 0.2) is 0 Å². The van der Waals surface area contributed by atoms with Crippen molar-refractivity contribution in [1.29, 1.82) is 0 Å². The van der Waals surface area contributed by atoms with Crippen LogP contribution >= 0.6 is 0 Å². The summed E-state index contributed by atoms with van der Waals surface area (Å²) in [5, 5.41) is 0. The summed E-state index contributed by atoms with van der Waals surface area (Å²) < 4.78 is 10.7. The van der Waals surface area contributed by atoms with Crippen LogP contribution in [-0.4, -0.2) is 35.7 Å². The molecule has 0 bridgehead atoms. The molecule has 3 atom stereocenters. The highest BCUT2D eigenvalue weighted by Gasteiger charge is 2.45. The fraction of sp³-hybridized carbons (Fsp3) is 0.500. The largest absolute Gasteiger partial charge is 0.460 e. The minimum atomic E-state index is -0.362. The summed E-state index contributed by atoms with van der Waals surface area (Å²) in [6, 6.07) is 9.40. The molecule has 21 heavy (non-hydrogen) atoms. The number of benzene rings is 1. The van der Waals surface area contributed by atoms with Crippen LogP contribution in [0.4, 0.5) is 4.79 Å². The third kappa shape index (κ3) is 3.01. The molecule has 1 amide bonds. The second kappa shape index (κ2) is 5.76. The summed E-state index contributed by atoms with van der Waals surface area (Å²) >= 11 is 0. The summed E-state index contributed by atoms with van der Waals surface area (Å²) in [6.07, 6.45) is 0.556. The lowest BCUT2D eigenvalue weighted by Gasteiger charge is -2.37. The van der Waals surface area contributed by atoms with Gasteiger partial charge in [-0.2, -0.15) is 0 Å². The number of hydrogen-bond acceptors (Lipinski definition) is 4. The lowest BCUT2D eigenvalue weighted by molar-refractivity contribution is -0.142. The second-order valence-corrected chi connectivity index (χ2v) is 5.83. The molecule has 1 aromatic rings. The lowest BCUT2D eigenvalue weighted by Crippen LogP contribution is -2.51. The zero-order valence-electron chi connectivity index (χ0n) is 12.0. The van der Waals surface area contributed by atoms with Gasteiger partial charge in [0, 0.05) is 6.54 Å². The number of carbonyl (C=O) groups is 2. The first-order chi connectivity index (χ1) is 10.1. The molecule has 0 radical (unpaired) electrons. The number of nitrogens with zero attached hydrogens (tertiary/aromatic N) is 1. The van der Waals surface area contributed by atoms with Crippen molar-refractivity contribution in [2.45, 2.75) is 38.5 Å². The smallest absolute Gasteiger partial charge is 0.410 e. The van der Waals surface area contributed by atoms with Gasteiger partial charge in [-0.05, 0) is 17.9 Å². The van der Waals surface area contributed by atoms with E-state index in [9.17, 15) is 9.59 Å². The standard InChI is InChI=1S/C16H19NO4/c1-11-7-14-13(8-15(18)21-14)17(9-11)16(19)20-10-12-5-3-2-4-6-12/h2-6,11,13-14H,7-10H2,1H3/t11-,13-,14+/m0/s1. The molecule has 0 spiro atoms. The van der Waals surface area contributed by atoms with E-state index in [-0.39, 0.29) is 37.2 Å². The minimum Gasteiger partial charge on any atom is -0.460 e. The molecule has 5 nitrogen and oxygen atoms in total. The van der Waals surface area contributed by atoms with E-state index in [1.807, 2.05) is 30.3 Å². The van der Waals surface area contributed by atoms with Crippen LogP contribution in [-0.2, 0) is 20.9 Å².